The quantitative estimate of drug-likeness (QED) is 0.304. The van der Waals surface area contributed by atoms with E-state index in [0.29, 0.717) is 45.1 Å². The number of aromatic nitrogens is 4. The maximum Gasteiger partial charge on any atom is 0.235 e. The lowest BCUT2D eigenvalue weighted by atomic mass is 10.2. The van der Waals surface area contributed by atoms with Crippen LogP contribution in [-0.2, 0) is 6.54 Å². The number of halogens is 2. The van der Waals surface area contributed by atoms with Crippen LogP contribution >= 0.6 is 23.2 Å². The van der Waals surface area contributed by atoms with E-state index in [1.807, 2.05) is 71.4 Å². The summed E-state index contributed by atoms with van der Waals surface area (Å²) in [6.45, 7) is 0.544. The van der Waals surface area contributed by atoms with Gasteiger partial charge in [0.2, 0.25) is 5.88 Å². The molecule has 0 aliphatic heterocycles. The molecule has 158 valence electrons. The van der Waals surface area contributed by atoms with Crippen molar-refractivity contribution in [2.45, 2.75) is 6.54 Å². The standard InChI is InChI=1S/C24H17Cl2N5O/c25-17-8-4-10-19(12-17)29-22-21-23(31(30-22)14-16-6-2-1-3-7-16)27-15-28-24(21)32-20-11-5-9-18(26)13-20/h1-13,15H,14H2,(H,29,30). The molecule has 5 rings (SSSR count). The summed E-state index contributed by atoms with van der Waals surface area (Å²) in [5.74, 6) is 1.51. The number of fused-ring (bicyclic) bond motifs is 1. The lowest BCUT2D eigenvalue weighted by molar-refractivity contribution is 0.468. The molecule has 0 aliphatic rings. The third-order valence-electron chi connectivity index (χ3n) is 4.77. The van der Waals surface area contributed by atoms with Crippen molar-refractivity contribution in [1.82, 2.24) is 19.7 Å². The van der Waals surface area contributed by atoms with Crippen LogP contribution < -0.4 is 10.1 Å². The number of nitrogens with one attached hydrogen (secondary N) is 1. The average molecular weight is 462 g/mol. The summed E-state index contributed by atoms with van der Waals surface area (Å²) in [6, 6.07) is 24.6. The van der Waals surface area contributed by atoms with Gasteiger partial charge in [-0.1, -0.05) is 65.7 Å². The highest BCUT2D eigenvalue weighted by Crippen LogP contribution is 2.34. The number of hydrogen-bond acceptors (Lipinski definition) is 5. The van der Waals surface area contributed by atoms with Gasteiger partial charge in [0.05, 0.1) is 6.54 Å². The van der Waals surface area contributed by atoms with E-state index in [2.05, 4.69) is 15.3 Å². The molecule has 3 aromatic carbocycles. The molecular weight excluding hydrogens is 445 g/mol. The Bertz CT molecular complexity index is 1390. The predicted octanol–water partition coefficient (Wildman–Crippen LogP) is 6.72. The zero-order valence-corrected chi connectivity index (χ0v) is 18.3. The van der Waals surface area contributed by atoms with Gasteiger partial charge in [0.25, 0.3) is 0 Å². The Hall–Kier alpha value is -3.61. The molecule has 8 heteroatoms. The zero-order valence-electron chi connectivity index (χ0n) is 16.7. The minimum absolute atomic E-state index is 0.376. The Morgan fingerprint density at radius 2 is 1.62 bits per heavy atom. The Morgan fingerprint density at radius 1 is 0.844 bits per heavy atom. The molecule has 5 aromatic rings. The van der Waals surface area contributed by atoms with Gasteiger partial charge in [0.1, 0.15) is 17.5 Å². The van der Waals surface area contributed by atoms with Crippen molar-refractivity contribution in [2.75, 3.05) is 5.32 Å². The van der Waals surface area contributed by atoms with Crippen molar-refractivity contribution in [2.24, 2.45) is 0 Å². The zero-order chi connectivity index (χ0) is 21.9. The first-order chi connectivity index (χ1) is 15.7. The summed E-state index contributed by atoms with van der Waals surface area (Å²) in [7, 11) is 0. The largest absolute Gasteiger partial charge is 0.438 e. The molecule has 0 bridgehead atoms. The van der Waals surface area contributed by atoms with Gasteiger partial charge in [-0.2, -0.15) is 5.10 Å². The van der Waals surface area contributed by atoms with E-state index in [1.54, 1.807) is 12.1 Å². The van der Waals surface area contributed by atoms with Crippen LogP contribution in [-0.4, -0.2) is 19.7 Å². The van der Waals surface area contributed by atoms with Crippen molar-refractivity contribution in [3.63, 3.8) is 0 Å². The SMILES string of the molecule is Clc1cccc(Nc2nn(Cc3ccccc3)c3ncnc(Oc4cccc(Cl)c4)c23)c1. The van der Waals surface area contributed by atoms with Crippen molar-refractivity contribution >= 4 is 45.7 Å². The van der Waals surface area contributed by atoms with Crippen molar-refractivity contribution < 1.29 is 4.74 Å². The Balaban J connectivity index is 1.62. The third kappa shape index (κ3) is 4.37. The normalized spacial score (nSPS) is 10.9. The van der Waals surface area contributed by atoms with Crippen LogP contribution in [0.1, 0.15) is 5.56 Å². The molecule has 0 radical (unpaired) electrons. The number of nitrogens with zero attached hydrogens (tertiary/aromatic N) is 4. The number of ether oxygens (including phenoxy) is 1. The van der Waals surface area contributed by atoms with Gasteiger partial charge in [-0.05, 0) is 42.0 Å². The number of hydrogen-bond donors (Lipinski definition) is 1. The van der Waals surface area contributed by atoms with E-state index in [0.717, 1.165) is 11.3 Å². The maximum atomic E-state index is 6.17. The minimum Gasteiger partial charge on any atom is -0.438 e. The maximum absolute atomic E-state index is 6.17. The molecule has 0 spiro atoms. The predicted molar refractivity (Wildman–Crippen MR) is 127 cm³/mol. The van der Waals surface area contributed by atoms with Crippen molar-refractivity contribution in [1.29, 1.82) is 0 Å². The van der Waals surface area contributed by atoms with Gasteiger partial charge in [0, 0.05) is 15.7 Å². The van der Waals surface area contributed by atoms with E-state index >= 15 is 0 Å². The van der Waals surface area contributed by atoms with Gasteiger partial charge in [0.15, 0.2) is 11.5 Å². The first-order valence-corrected chi connectivity index (χ1v) is 10.6. The lowest BCUT2D eigenvalue weighted by Crippen LogP contribution is -2.03. The molecule has 0 unspecified atom stereocenters. The summed E-state index contributed by atoms with van der Waals surface area (Å²) in [5.41, 5.74) is 2.54. The smallest absolute Gasteiger partial charge is 0.235 e. The second-order valence-electron chi connectivity index (χ2n) is 7.06. The third-order valence-corrected chi connectivity index (χ3v) is 5.24. The van der Waals surface area contributed by atoms with Crippen LogP contribution in [0.5, 0.6) is 11.6 Å². The molecule has 2 heterocycles. The number of rotatable bonds is 6. The van der Waals surface area contributed by atoms with E-state index in [4.69, 9.17) is 33.0 Å². The van der Waals surface area contributed by atoms with Crippen LogP contribution in [0.4, 0.5) is 11.5 Å². The van der Waals surface area contributed by atoms with Crippen LogP contribution in [0.15, 0.2) is 85.2 Å². The summed E-state index contributed by atoms with van der Waals surface area (Å²) >= 11 is 12.3. The van der Waals surface area contributed by atoms with Gasteiger partial charge in [-0.25, -0.2) is 14.6 Å². The highest BCUT2D eigenvalue weighted by atomic mass is 35.5. The van der Waals surface area contributed by atoms with Crippen LogP contribution in [0.3, 0.4) is 0 Å². The fourth-order valence-corrected chi connectivity index (χ4v) is 3.73. The van der Waals surface area contributed by atoms with Gasteiger partial charge < -0.3 is 10.1 Å². The molecule has 2 aromatic heterocycles. The van der Waals surface area contributed by atoms with Crippen molar-refractivity contribution in [3.8, 4) is 11.6 Å². The van der Waals surface area contributed by atoms with Gasteiger partial charge >= 0.3 is 0 Å². The molecular formula is C24H17Cl2N5O. The Kier molecular flexibility index (Phi) is 5.62. The first-order valence-electron chi connectivity index (χ1n) is 9.87. The average Bonchev–Trinajstić information content (AvgIpc) is 3.12. The summed E-state index contributed by atoms with van der Waals surface area (Å²) in [4.78, 5) is 8.87. The van der Waals surface area contributed by atoms with E-state index in [-0.39, 0.29) is 0 Å². The Morgan fingerprint density at radius 3 is 2.41 bits per heavy atom. The van der Waals surface area contributed by atoms with E-state index in [1.165, 1.54) is 6.33 Å². The molecule has 0 amide bonds. The molecule has 0 aliphatic carbocycles. The summed E-state index contributed by atoms with van der Waals surface area (Å²) < 4.78 is 7.91. The fourth-order valence-electron chi connectivity index (χ4n) is 3.36. The second-order valence-corrected chi connectivity index (χ2v) is 7.94. The highest BCUT2D eigenvalue weighted by Gasteiger charge is 2.19. The number of anilines is 2. The Labute approximate surface area is 194 Å². The second kappa shape index (κ2) is 8.86. The topological polar surface area (TPSA) is 64.9 Å². The summed E-state index contributed by atoms with van der Waals surface area (Å²) in [6.07, 6.45) is 1.47. The minimum atomic E-state index is 0.376. The van der Waals surface area contributed by atoms with Crippen LogP contribution in [0, 0.1) is 0 Å². The van der Waals surface area contributed by atoms with E-state index < -0.39 is 0 Å². The van der Waals surface area contributed by atoms with Gasteiger partial charge in [-0.15, -0.1) is 0 Å². The van der Waals surface area contributed by atoms with Crippen molar-refractivity contribution in [3.05, 3.63) is 101 Å². The van der Waals surface area contributed by atoms with Crippen LogP contribution in [0.25, 0.3) is 11.0 Å². The molecule has 0 fully saturated rings. The molecule has 0 saturated heterocycles. The molecule has 0 saturated carbocycles. The lowest BCUT2D eigenvalue weighted by Gasteiger charge is -2.08. The number of benzene rings is 3. The van der Waals surface area contributed by atoms with Gasteiger partial charge in [-0.3, -0.25) is 0 Å². The molecule has 32 heavy (non-hydrogen) atoms. The molecule has 0 atom stereocenters. The van der Waals surface area contributed by atoms with E-state index in [9.17, 15) is 0 Å². The first kappa shape index (κ1) is 20.3. The van der Waals surface area contributed by atoms with Crippen LogP contribution in [0.2, 0.25) is 10.0 Å². The molecule has 1 N–H and O–H groups in total. The molecule has 6 nitrogen and oxygen atoms in total. The monoisotopic (exact) mass is 461 g/mol. The fraction of sp³-hybridized carbons (Fsp3) is 0.0417. The summed E-state index contributed by atoms with van der Waals surface area (Å²) in [5, 5.41) is 9.96. The highest BCUT2D eigenvalue weighted by molar-refractivity contribution is 6.31.